The minimum Gasteiger partial charge on any atom is -0.0654 e. The lowest BCUT2D eigenvalue weighted by molar-refractivity contribution is 0.588. The zero-order valence-electron chi connectivity index (χ0n) is 12.1. The van der Waals surface area contributed by atoms with Crippen LogP contribution in [-0.2, 0) is 6.42 Å². The highest BCUT2D eigenvalue weighted by molar-refractivity contribution is 9.10. The summed E-state index contributed by atoms with van der Waals surface area (Å²) in [7, 11) is 0. The number of benzene rings is 1. The van der Waals surface area contributed by atoms with Crippen LogP contribution >= 0.6 is 15.9 Å². The van der Waals surface area contributed by atoms with Gasteiger partial charge in [-0.15, -0.1) is 0 Å². The first-order valence-electron chi connectivity index (χ1n) is 7.77. The van der Waals surface area contributed by atoms with Crippen molar-refractivity contribution in [1.82, 2.24) is 0 Å². The van der Waals surface area contributed by atoms with Crippen LogP contribution in [0.5, 0.6) is 0 Å². The zero-order valence-corrected chi connectivity index (χ0v) is 13.6. The monoisotopic (exact) mass is 320 g/mol. The number of hydrogen-bond acceptors (Lipinski definition) is 0. The number of fused-ring (bicyclic) bond motifs is 1. The summed E-state index contributed by atoms with van der Waals surface area (Å²) in [6.07, 6.45) is 14.7. The van der Waals surface area contributed by atoms with Gasteiger partial charge in [0, 0.05) is 4.47 Å². The van der Waals surface area contributed by atoms with Gasteiger partial charge < -0.3 is 0 Å². The summed E-state index contributed by atoms with van der Waals surface area (Å²) in [4.78, 5) is 0. The van der Waals surface area contributed by atoms with E-state index in [1.807, 2.05) is 0 Å². The molecule has 0 N–H and O–H groups in total. The molecule has 2 rings (SSSR count). The lowest BCUT2D eigenvalue weighted by atomic mass is 10.0. The maximum Gasteiger partial charge on any atom is 0.0181 e. The van der Waals surface area contributed by atoms with E-state index in [-0.39, 0.29) is 0 Å². The van der Waals surface area contributed by atoms with E-state index in [9.17, 15) is 0 Å². The lowest BCUT2D eigenvalue weighted by Gasteiger charge is -2.03. The topological polar surface area (TPSA) is 0 Å². The molecule has 1 aromatic rings. The number of allylic oxidation sites excluding steroid dienone is 1. The van der Waals surface area contributed by atoms with Gasteiger partial charge >= 0.3 is 0 Å². The Morgan fingerprint density at radius 1 is 1.00 bits per heavy atom. The van der Waals surface area contributed by atoms with E-state index < -0.39 is 0 Å². The predicted molar refractivity (Wildman–Crippen MR) is 88.4 cm³/mol. The van der Waals surface area contributed by atoms with Crippen molar-refractivity contribution in [3.63, 3.8) is 0 Å². The Labute approximate surface area is 126 Å². The molecule has 104 valence electrons. The molecule has 0 saturated heterocycles. The van der Waals surface area contributed by atoms with Crippen molar-refractivity contribution in [1.29, 1.82) is 0 Å². The van der Waals surface area contributed by atoms with Crippen molar-refractivity contribution >= 4 is 22.0 Å². The first kappa shape index (κ1) is 14.8. The van der Waals surface area contributed by atoms with E-state index >= 15 is 0 Å². The largest absolute Gasteiger partial charge is 0.0654 e. The third-order valence-corrected chi connectivity index (χ3v) is 4.48. The quantitative estimate of drug-likeness (QED) is 0.478. The summed E-state index contributed by atoms with van der Waals surface area (Å²) in [5.41, 5.74) is 4.55. The van der Waals surface area contributed by atoms with E-state index in [1.54, 1.807) is 5.57 Å². The Hall–Kier alpha value is -0.560. The molecule has 1 aliphatic carbocycles. The fourth-order valence-electron chi connectivity index (χ4n) is 2.85. The van der Waals surface area contributed by atoms with Crippen LogP contribution in [0.4, 0.5) is 0 Å². The normalized spacial score (nSPS) is 13.5. The van der Waals surface area contributed by atoms with Crippen LogP contribution in [0.3, 0.4) is 0 Å². The van der Waals surface area contributed by atoms with Gasteiger partial charge in [-0.1, -0.05) is 79.1 Å². The van der Waals surface area contributed by atoms with Crippen molar-refractivity contribution in [2.75, 3.05) is 0 Å². The first-order chi connectivity index (χ1) is 9.29. The smallest absolute Gasteiger partial charge is 0.0181 e. The van der Waals surface area contributed by atoms with E-state index in [1.165, 1.54) is 73.4 Å². The van der Waals surface area contributed by atoms with Crippen LogP contribution in [0.25, 0.3) is 6.08 Å². The molecular weight excluding hydrogens is 296 g/mol. The van der Waals surface area contributed by atoms with Crippen molar-refractivity contribution in [2.45, 2.75) is 64.7 Å². The molecule has 1 heteroatoms. The van der Waals surface area contributed by atoms with Gasteiger partial charge in [-0.05, 0) is 42.5 Å². The molecule has 0 fully saturated rings. The number of halogens is 1. The highest BCUT2D eigenvalue weighted by Gasteiger charge is 2.12. The van der Waals surface area contributed by atoms with Gasteiger partial charge in [-0.2, -0.15) is 0 Å². The molecule has 0 aliphatic heterocycles. The second-order valence-corrected chi connectivity index (χ2v) is 6.61. The molecule has 0 atom stereocenters. The third-order valence-electron chi connectivity index (χ3n) is 3.99. The molecule has 0 unspecified atom stereocenters. The lowest BCUT2D eigenvalue weighted by Crippen LogP contribution is -1.86. The van der Waals surface area contributed by atoms with Crippen LogP contribution in [0, 0.1) is 0 Å². The highest BCUT2D eigenvalue weighted by Crippen LogP contribution is 2.30. The average Bonchev–Trinajstić information content (AvgIpc) is 2.79. The molecular formula is C18H25Br. The van der Waals surface area contributed by atoms with E-state index in [0.29, 0.717) is 0 Å². The summed E-state index contributed by atoms with van der Waals surface area (Å²) in [6.45, 7) is 2.28. The SMILES string of the molecule is CCCCCCCCCC1=Cc2cc(Br)ccc2C1. The summed E-state index contributed by atoms with van der Waals surface area (Å²) in [5, 5.41) is 0. The standard InChI is InChI=1S/C18H25Br/c1-2-3-4-5-6-7-8-9-15-12-16-10-11-18(19)14-17(16)13-15/h10-11,13-14H,2-9,12H2,1H3. The maximum atomic E-state index is 3.55. The fourth-order valence-corrected chi connectivity index (χ4v) is 3.23. The molecule has 0 heterocycles. The Morgan fingerprint density at radius 3 is 2.53 bits per heavy atom. The molecule has 19 heavy (non-hydrogen) atoms. The van der Waals surface area contributed by atoms with Crippen LogP contribution in [-0.4, -0.2) is 0 Å². The van der Waals surface area contributed by atoms with Crippen molar-refractivity contribution in [3.05, 3.63) is 39.4 Å². The summed E-state index contributed by atoms with van der Waals surface area (Å²) in [6, 6.07) is 6.66. The van der Waals surface area contributed by atoms with Gasteiger partial charge in [0.2, 0.25) is 0 Å². The second-order valence-electron chi connectivity index (χ2n) is 5.69. The minimum atomic E-state index is 1.18. The third kappa shape index (κ3) is 4.80. The van der Waals surface area contributed by atoms with Crippen molar-refractivity contribution in [2.24, 2.45) is 0 Å². The van der Waals surface area contributed by atoms with Gasteiger partial charge in [0.15, 0.2) is 0 Å². The predicted octanol–water partition coefficient (Wildman–Crippen LogP) is 6.53. The summed E-state index contributed by atoms with van der Waals surface area (Å²) in [5.74, 6) is 0. The van der Waals surface area contributed by atoms with E-state index in [0.717, 1.165) is 0 Å². The second kappa shape index (κ2) is 7.89. The van der Waals surface area contributed by atoms with Gasteiger partial charge in [0.05, 0.1) is 0 Å². The van der Waals surface area contributed by atoms with Crippen molar-refractivity contribution < 1.29 is 0 Å². The zero-order chi connectivity index (χ0) is 13.5. The molecule has 1 aromatic carbocycles. The van der Waals surface area contributed by atoms with Gasteiger partial charge in [0.1, 0.15) is 0 Å². The number of unbranched alkanes of at least 4 members (excludes halogenated alkanes) is 6. The molecule has 0 nitrogen and oxygen atoms in total. The van der Waals surface area contributed by atoms with Gasteiger partial charge in [-0.25, -0.2) is 0 Å². The first-order valence-corrected chi connectivity index (χ1v) is 8.57. The van der Waals surface area contributed by atoms with E-state index in [4.69, 9.17) is 0 Å². The van der Waals surface area contributed by atoms with Crippen LogP contribution in [0.1, 0.15) is 69.4 Å². The average molecular weight is 321 g/mol. The molecule has 1 aliphatic rings. The Kier molecular flexibility index (Phi) is 6.16. The molecule has 0 aromatic heterocycles. The Morgan fingerprint density at radius 2 is 1.74 bits per heavy atom. The molecule has 0 spiro atoms. The molecule has 0 radical (unpaired) electrons. The molecule has 0 bridgehead atoms. The van der Waals surface area contributed by atoms with Crippen LogP contribution in [0.2, 0.25) is 0 Å². The Balaban J connectivity index is 1.65. The number of hydrogen-bond donors (Lipinski definition) is 0. The van der Waals surface area contributed by atoms with Crippen LogP contribution in [0.15, 0.2) is 28.2 Å². The van der Waals surface area contributed by atoms with Crippen molar-refractivity contribution in [3.8, 4) is 0 Å². The Bertz CT molecular complexity index is 431. The summed E-state index contributed by atoms with van der Waals surface area (Å²) < 4.78 is 1.19. The van der Waals surface area contributed by atoms with Gasteiger partial charge in [-0.3, -0.25) is 0 Å². The summed E-state index contributed by atoms with van der Waals surface area (Å²) >= 11 is 3.55. The van der Waals surface area contributed by atoms with Gasteiger partial charge in [0.25, 0.3) is 0 Å². The molecule has 0 saturated carbocycles. The van der Waals surface area contributed by atoms with E-state index in [2.05, 4.69) is 47.1 Å². The number of rotatable bonds is 8. The fraction of sp³-hybridized carbons (Fsp3) is 0.556. The van der Waals surface area contributed by atoms with Crippen LogP contribution < -0.4 is 0 Å². The highest BCUT2D eigenvalue weighted by atomic mass is 79.9. The maximum absolute atomic E-state index is 3.55. The minimum absolute atomic E-state index is 1.18. The molecule has 0 amide bonds.